The molecule has 0 aliphatic carbocycles. The van der Waals surface area contributed by atoms with Crippen molar-refractivity contribution in [3.05, 3.63) is 18.2 Å². The predicted octanol–water partition coefficient (Wildman–Crippen LogP) is 2.74. The number of anilines is 2. The highest BCUT2D eigenvalue weighted by Crippen LogP contribution is 2.25. The zero-order valence-corrected chi connectivity index (χ0v) is 9.92. The van der Waals surface area contributed by atoms with Crippen molar-refractivity contribution in [1.82, 2.24) is 0 Å². The fourth-order valence-corrected chi connectivity index (χ4v) is 1.18. The minimum Gasteiger partial charge on any atom is -0.497 e. The first kappa shape index (κ1) is 11.7. The molecule has 3 N–H and O–H groups in total. The smallest absolute Gasteiger partial charge is 0.121 e. The summed E-state index contributed by atoms with van der Waals surface area (Å²) in [5, 5.41) is 3.32. The van der Waals surface area contributed by atoms with Gasteiger partial charge in [-0.05, 0) is 17.5 Å². The first-order valence-electron chi connectivity index (χ1n) is 5.10. The van der Waals surface area contributed by atoms with Gasteiger partial charge in [0.25, 0.3) is 0 Å². The molecular formula is C12H20N2O. The SMILES string of the molecule is COc1ccc(N)c(NCC(C)(C)C)c1. The molecule has 0 aromatic heterocycles. The van der Waals surface area contributed by atoms with E-state index in [0.717, 1.165) is 23.7 Å². The Bertz CT molecular complexity index is 329. The number of nitrogens with two attached hydrogens (primary N) is 1. The number of hydrogen-bond acceptors (Lipinski definition) is 3. The molecule has 3 nitrogen and oxygen atoms in total. The Labute approximate surface area is 91.6 Å². The molecule has 3 heteroatoms. The molecule has 0 atom stereocenters. The van der Waals surface area contributed by atoms with Gasteiger partial charge in [-0.25, -0.2) is 0 Å². The van der Waals surface area contributed by atoms with Crippen molar-refractivity contribution >= 4 is 11.4 Å². The van der Waals surface area contributed by atoms with Crippen molar-refractivity contribution in [1.29, 1.82) is 0 Å². The van der Waals surface area contributed by atoms with Gasteiger partial charge in [-0.15, -0.1) is 0 Å². The van der Waals surface area contributed by atoms with Crippen LogP contribution in [-0.2, 0) is 0 Å². The molecule has 0 saturated heterocycles. The second-order valence-electron chi connectivity index (χ2n) is 4.87. The van der Waals surface area contributed by atoms with Gasteiger partial charge in [-0.3, -0.25) is 0 Å². The molecule has 0 aliphatic rings. The number of hydrogen-bond donors (Lipinski definition) is 2. The lowest BCUT2D eigenvalue weighted by molar-refractivity contribution is 0.414. The van der Waals surface area contributed by atoms with Crippen molar-refractivity contribution in [2.24, 2.45) is 5.41 Å². The van der Waals surface area contributed by atoms with Crippen molar-refractivity contribution in [2.45, 2.75) is 20.8 Å². The van der Waals surface area contributed by atoms with Crippen LogP contribution in [0.25, 0.3) is 0 Å². The van der Waals surface area contributed by atoms with Crippen LogP contribution in [0.1, 0.15) is 20.8 Å². The largest absolute Gasteiger partial charge is 0.497 e. The zero-order valence-electron chi connectivity index (χ0n) is 9.92. The Balaban J connectivity index is 2.75. The fraction of sp³-hybridized carbons (Fsp3) is 0.500. The van der Waals surface area contributed by atoms with E-state index < -0.39 is 0 Å². The van der Waals surface area contributed by atoms with Crippen LogP contribution in [0.2, 0.25) is 0 Å². The van der Waals surface area contributed by atoms with Crippen molar-refractivity contribution in [2.75, 3.05) is 24.7 Å². The van der Waals surface area contributed by atoms with Crippen LogP contribution in [0.3, 0.4) is 0 Å². The molecule has 1 rings (SSSR count). The lowest BCUT2D eigenvalue weighted by Crippen LogP contribution is -2.19. The monoisotopic (exact) mass is 208 g/mol. The number of nitrogen functional groups attached to an aromatic ring is 1. The van der Waals surface area contributed by atoms with Crippen LogP contribution in [-0.4, -0.2) is 13.7 Å². The third-order valence-electron chi connectivity index (χ3n) is 2.07. The molecule has 0 bridgehead atoms. The predicted molar refractivity (Wildman–Crippen MR) is 65.4 cm³/mol. The van der Waals surface area contributed by atoms with E-state index in [2.05, 4.69) is 26.1 Å². The minimum atomic E-state index is 0.232. The number of benzene rings is 1. The van der Waals surface area contributed by atoms with Gasteiger partial charge in [-0.2, -0.15) is 0 Å². The molecule has 0 saturated carbocycles. The third-order valence-corrected chi connectivity index (χ3v) is 2.07. The van der Waals surface area contributed by atoms with Crippen molar-refractivity contribution < 1.29 is 4.74 Å². The van der Waals surface area contributed by atoms with Gasteiger partial charge < -0.3 is 15.8 Å². The summed E-state index contributed by atoms with van der Waals surface area (Å²) in [7, 11) is 1.65. The maximum Gasteiger partial charge on any atom is 0.121 e. The summed E-state index contributed by atoms with van der Waals surface area (Å²) >= 11 is 0. The Kier molecular flexibility index (Phi) is 3.45. The van der Waals surface area contributed by atoms with Crippen LogP contribution in [0, 0.1) is 5.41 Å². The van der Waals surface area contributed by atoms with Gasteiger partial charge in [0, 0.05) is 12.6 Å². The highest BCUT2D eigenvalue weighted by Gasteiger charge is 2.10. The van der Waals surface area contributed by atoms with Crippen molar-refractivity contribution in [3.8, 4) is 5.75 Å². The molecule has 0 spiro atoms. The molecule has 0 amide bonds. The molecule has 0 aliphatic heterocycles. The Morgan fingerprint density at radius 1 is 1.33 bits per heavy atom. The number of nitrogens with one attached hydrogen (secondary N) is 1. The van der Waals surface area contributed by atoms with Crippen LogP contribution in [0.15, 0.2) is 18.2 Å². The molecule has 0 unspecified atom stereocenters. The van der Waals surface area contributed by atoms with Gasteiger partial charge >= 0.3 is 0 Å². The van der Waals surface area contributed by atoms with E-state index in [1.165, 1.54) is 0 Å². The first-order chi connectivity index (χ1) is 6.92. The van der Waals surface area contributed by atoms with E-state index in [-0.39, 0.29) is 5.41 Å². The Morgan fingerprint density at radius 3 is 2.53 bits per heavy atom. The maximum absolute atomic E-state index is 5.86. The summed E-state index contributed by atoms with van der Waals surface area (Å²) < 4.78 is 5.15. The van der Waals surface area contributed by atoms with Crippen molar-refractivity contribution in [3.63, 3.8) is 0 Å². The van der Waals surface area contributed by atoms with Crippen LogP contribution in [0.5, 0.6) is 5.75 Å². The summed E-state index contributed by atoms with van der Waals surface area (Å²) in [6, 6.07) is 5.63. The van der Waals surface area contributed by atoms with Gasteiger partial charge in [0.1, 0.15) is 5.75 Å². The van der Waals surface area contributed by atoms with Gasteiger partial charge in [0.15, 0.2) is 0 Å². The molecule has 0 radical (unpaired) electrons. The van der Waals surface area contributed by atoms with Crippen LogP contribution in [0.4, 0.5) is 11.4 Å². The first-order valence-corrected chi connectivity index (χ1v) is 5.10. The van der Waals surface area contributed by atoms with E-state index in [1.54, 1.807) is 7.11 Å². The van der Waals surface area contributed by atoms with Gasteiger partial charge in [0.05, 0.1) is 18.5 Å². The molecule has 1 aromatic rings. The molecule has 0 heterocycles. The van der Waals surface area contributed by atoms with E-state index in [0.29, 0.717) is 0 Å². The minimum absolute atomic E-state index is 0.232. The lowest BCUT2D eigenvalue weighted by Gasteiger charge is -2.20. The van der Waals surface area contributed by atoms with Crippen LogP contribution < -0.4 is 15.8 Å². The highest BCUT2D eigenvalue weighted by molar-refractivity contribution is 5.68. The van der Waals surface area contributed by atoms with E-state index in [4.69, 9.17) is 10.5 Å². The summed E-state index contributed by atoms with van der Waals surface area (Å²) in [4.78, 5) is 0. The second kappa shape index (κ2) is 4.43. The van der Waals surface area contributed by atoms with Crippen LogP contribution >= 0.6 is 0 Å². The van der Waals surface area contributed by atoms with E-state index in [1.807, 2.05) is 18.2 Å². The Morgan fingerprint density at radius 2 is 2.00 bits per heavy atom. The summed E-state index contributed by atoms with van der Waals surface area (Å²) in [6.45, 7) is 7.41. The maximum atomic E-state index is 5.86. The zero-order chi connectivity index (χ0) is 11.5. The van der Waals surface area contributed by atoms with E-state index in [9.17, 15) is 0 Å². The van der Waals surface area contributed by atoms with Gasteiger partial charge in [0.2, 0.25) is 0 Å². The summed E-state index contributed by atoms with van der Waals surface area (Å²) in [5.41, 5.74) is 7.77. The molecule has 1 aromatic carbocycles. The summed E-state index contributed by atoms with van der Waals surface area (Å²) in [5.74, 6) is 0.820. The topological polar surface area (TPSA) is 47.3 Å². The standard InChI is InChI=1S/C12H20N2O/c1-12(2,3)8-14-11-7-9(15-4)5-6-10(11)13/h5-7,14H,8,13H2,1-4H3. The average molecular weight is 208 g/mol. The normalized spacial score (nSPS) is 11.2. The fourth-order valence-electron chi connectivity index (χ4n) is 1.18. The Hall–Kier alpha value is -1.38. The molecule has 15 heavy (non-hydrogen) atoms. The summed E-state index contributed by atoms with van der Waals surface area (Å²) in [6.07, 6.45) is 0. The number of rotatable bonds is 3. The number of methoxy groups -OCH3 is 1. The average Bonchev–Trinajstić information content (AvgIpc) is 2.15. The highest BCUT2D eigenvalue weighted by atomic mass is 16.5. The quantitative estimate of drug-likeness (QED) is 0.751. The van der Waals surface area contributed by atoms with E-state index >= 15 is 0 Å². The van der Waals surface area contributed by atoms with Gasteiger partial charge in [-0.1, -0.05) is 20.8 Å². The molecule has 0 fully saturated rings. The molecular weight excluding hydrogens is 188 g/mol. The second-order valence-corrected chi connectivity index (χ2v) is 4.87. The third kappa shape index (κ3) is 3.70. The lowest BCUT2D eigenvalue weighted by atomic mass is 9.97. The number of ether oxygens (including phenoxy) is 1. The molecule has 84 valence electrons.